The Kier molecular flexibility index (Phi) is 7.26. The van der Waals surface area contributed by atoms with E-state index in [1.165, 1.54) is 25.9 Å². The van der Waals surface area contributed by atoms with Crippen LogP contribution in [0.4, 0.5) is 5.82 Å². The molecule has 0 aliphatic carbocycles. The van der Waals surface area contributed by atoms with Crippen molar-refractivity contribution in [2.45, 2.75) is 58.0 Å². The average molecular weight is 422 g/mol. The number of benzene rings is 1. The molecule has 2 aliphatic heterocycles. The van der Waals surface area contributed by atoms with E-state index in [2.05, 4.69) is 50.8 Å². The molecule has 0 unspecified atom stereocenters. The maximum Gasteiger partial charge on any atom is 0.137 e. The van der Waals surface area contributed by atoms with E-state index in [-0.39, 0.29) is 0 Å². The van der Waals surface area contributed by atoms with Gasteiger partial charge in [-0.1, -0.05) is 11.8 Å². The van der Waals surface area contributed by atoms with Crippen molar-refractivity contribution < 1.29 is 4.74 Å². The van der Waals surface area contributed by atoms with Crippen molar-refractivity contribution in [3.63, 3.8) is 0 Å². The van der Waals surface area contributed by atoms with E-state index < -0.39 is 0 Å². The van der Waals surface area contributed by atoms with E-state index in [9.17, 15) is 0 Å². The van der Waals surface area contributed by atoms with Crippen molar-refractivity contribution in [2.24, 2.45) is 0 Å². The molecule has 0 amide bonds. The summed E-state index contributed by atoms with van der Waals surface area (Å²) in [7, 11) is 1.70. The fraction of sp³-hybridized carbons (Fsp3) is 0.600. The summed E-state index contributed by atoms with van der Waals surface area (Å²) in [6, 6.07) is 5.11. The van der Waals surface area contributed by atoms with E-state index in [1.54, 1.807) is 13.4 Å². The number of likely N-dealkylation sites (tertiary alicyclic amines) is 2. The van der Waals surface area contributed by atoms with Crippen molar-refractivity contribution in [3.05, 3.63) is 24.0 Å². The first kappa shape index (κ1) is 21.9. The van der Waals surface area contributed by atoms with Crippen LogP contribution in [0.2, 0.25) is 0 Å². The Morgan fingerprint density at radius 1 is 1.13 bits per heavy atom. The highest BCUT2D eigenvalue weighted by molar-refractivity contribution is 5.91. The van der Waals surface area contributed by atoms with Gasteiger partial charge in [-0.3, -0.25) is 0 Å². The molecule has 0 bridgehead atoms. The number of nitrogens with one attached hydrogen (secondary N) is 1. The highest BCUT2D eigenvalue weighted by Crippen LogP contribution is 2.29. The van der Waals surface area contributed by atoms with Crippen LogP contribution in [0.5, 0.6) is 5.75 Å². The molecular weight excluding hydrogens is 386 g/mol. The van der Waals surface area contributed by atoms with Gasteiger partial charge in [-0.15, -0.1) is 0 Å². The maximum atomic E-state index is 5.67. The second kappa shape index (κ2) is 10.3. The zero-order chi connectivity index (χ0) is 21.6. The molecule has 0 saturated carbocycles. The summed E-state index contributed by atoms with van der Waals surface area (Å²) >= 11 is 0. The first-order valence-corrected chi connectivity index (χ1v) is 11.7. The lowest BCUT2D eigenvalue weighted by atomic mass is 10.0. The third kappa shape index (κ3) is 5.47. The van der Waals surface area contributed by atoms with E-state index in [4.69, 9.17) is 4.74 Å². The highest BCUT2D eigenvalue weighted by Gasteiger charge is 2.22. The van der Waals surface area contributed by atoms with Crippen LogP contribution in [0.3, 0.4) is 0 Å². The smallest absolute Gasteiger partial charge is 0.137 e. The Labute approximate surface area is 186 Å². The number of fused-ring (bicyclic) bond motifs is 1. The van der Waals surface area contributed by atoms with Gasteiger partial charge in [0.05, 0.1) is 18.2 Å². The minimum Gasteiger partial charge on any atom is -0.495 e. The van der Waals surface area contributed by atoms with Crippen LogP contribution >= 0.6 is 0 Å². The molecular formula is C25H35N5O. The van der Waals surface area contributed by atoms with Crippen LogP contribution in [0, 0.1) is 11.8 Å². The monoisotopic (exact) mass is 421 g/mol. The standard InChI is InChI=1S/C25H35N5O/c1-19(2)30-14-9-21(10-15-30)28-25-22-17-24(31-3)20(16-23(22)26-18-27-25)8-4-5-11-29-12-6-7-13-29/h16-19,21H,5-7,9-15H2,1-3H3,(H,26,27,28). The van der Waals surface area contributed by atoms with Gasteiger partial charge in [0.2, 0.25) is 0 Å². The Bertz CT molecular complexity index is 934. The zero-order valence-electron chi connectivity index (χ0n) is 19.2. The predicted molar refractivity (Wildman–Crippen MR) is 127 cm³/mol. The molecule has 1 N–H and O–H groups in total. The lowest BCUT2D eigenvalue weighted by molar-refractivity contribution is 0.177. The largest absolute Gasteiger partial charge is 0.495 e. The van der Waals surface area contributed by atoms with E-state index >= 15 is 0 Å². The second-order valence-corrected chi connectivity index (χ2v) is 8.94. The summed E-state index contributed by atoms with van der Waals surface area (Å²) in [5.41, 5.74) is 1.80. The molecule has 166 valence electrons. The second-order valence-electron chi connectivity index (χ2n) is 8.94. The molecule has 3 heterocycles. The summed E-state index contributed by atoms with van der Waals surface area (Å²) in [6.07, 6.45) is 7.41. The molecule has 2 aromatic rings. The third-order valence-electron chi connectivity index (χ3n) is 6.53. The van der Waals surface area contributed by atoms with Crippen LogP contribution < -0.4 is 10.1 Å². The van der Waals surface area contributed by atoms with Crippen molar-refractivity contribution in [1.82, 2.24) is 19.8 Å². The van der Waals surface area contributed by atoms with Crippen molar-refractivity contribution in [1.29, 1.82) is 0 Å². The van der Waals surface area contributed by atoms with Gasteiger partial charge in [0.25, 0.3) is 0 Å². The summed E-state index contributed by atoms with van der Waals surface area (Å²) < 4.78 is 5.67. The quantitative estimate of drug-likeness (QED) is 0.717. The average Bonchev–Trinajstić information content (AvgIpc) is 3.30. The van der Waals surface area contributed by atoms with E-state index in [0.717, 1.165) is 66.9 Å². The molecule has 2 aliphatic rings. The van der Waals surface area contributed by atoms with Gasteiger partial charge < -0.3 is 19.9 Å². The highest BCUT2D eigenvalue weighted by atomic mass is 16.5. The first-order chi connectivity index (χ1) is 15.1. The minimum atomic E-state index is 0.434. The van der Waals surface area contributed by atoms with Gasteiger partial charge in [-0.2, -0.15) is 0 Å². The number of hydrogen-bond donors (Lipinski definition) is 1. The minimum absolute atomic E-state index is 0.434. The molecule has 6 heteroatoms. The molecule has 0 atom stereocenters. The number of ether oxygens (including phenoxy) is 1. The fourth-order valence-electron chi connectivity index (χ4n) is 4.60. The summed E-state index contributed by atoms with van der Waals surface area (Å²) in [5.74, 6) is 8.31. The van der Waals surface area contributed by atoms with Crippen LogP contribution in [-0.2, 0) is 0 Å². The number of methoxy groups -OCH3 is 1. The molecule has 1 aromatic heterocycles. The number of rotatable bonds is 6. The van der Waals surface area contributed by atoms with Gasteiger partial charge in [0.15, 0.2) is 0 Å². The lowest BCUT2D eigenvalue weighted by Crippen LogP contribution is -2.42. The van der Waals surface area contributed by atoms with Gasteiger partial charge in [-0.25, -0.2) is 9.97 Å². The summed E-state index contributed by atoms with van der Waals surface area (Å²) in [6.45, 7) is 10.3. The SMILES string of the molecule is COc1cc2c(NC3CCN(C(C)C)CC3)ncnc2cc1C#CCCN1CCCC1. The van der Waals surface area contributed by atoms with Crippen molar-refractivity contribution >= 4 is 16.7 Å². The number of hydrogen-bond acceptors (Lipinski definition) is 6. The molecule has 0 spiro atoms. The molecule has 6 nitrogen and oxygen atoms in total. The predicted octanol–water partition coefficient (Wildman–Crippen LogP) is 3.76. The van der Waals surface area contributed by atoms with E-state index in [0.29, 0.717) is 12.1 Å². The molecule has 0 radical (unpaired) electrons. The van der Waals surface area contributed by atoms with Gasteiger partial charge in [0, 0.05) is 43.5 Å². The molecule has 2 saturated heterocycles. The zero-order valence-corrected chi connectivity index (χ0v) is 19.2. The normalized spacial score (nSPS) is 18.3. The maximum absolute atomic E-state index is 5.67. The Hall–Kier alpha value is -2.36. The molecule has 31 heavy (non-hydrogen) atoms. The van der Waals surface area contributed by atoms with Crippen molar-refractivity contribution in [2.75, 3.05) is 45.2 Å². The van der Waals surface area contributed by atoms with Crippen LogP contribution in [0.1, 0.15) is 51.5 Å². The Morgan fingerprint density at radius 3 is 2.61 bits per heavy atom. The van der Waals surface area contributed by atoms with E-state index in [1.807, 2.05) is 12.1 Å². The number of piperidine rings is 1. The number of nitrogens with zero attached hydrogens (tertiary/aromatic N) is 4. The number of anilines is 1. The van der Waals surface area contributed by atoms with Crippen LogP contribution in [0.15, 0.2) is 18.5 Å². The summed E-state index contributed by atoms with van der Waals surface area (Å²) in [4.78, 5) is 14.1. The van der Waals surface area contributed by atoms with Gasteiger partial charge in [0.1, 0.15) is 17.9 Å². The van der Waals surface area contributed by atoms with Crippen LogP contribution in [0.25, 0.3) is 10.9 Å². The topological polar surface area (TPSA) is 53.5 Å². The third-order valence-corrected chi connectivity index (χ3v) is 6.53. The number of aromatic nitrogens is 2. The first-order valence-electron chi connectivity index (χ1n) is 11.7. The molecule has 1 aromatic carbocycles. The van der Waals surface area contributed by atoms with Gasteiger partial charge >= 0.3 is 0 Å². The fourth-order valence-corrected chi connectivity index (χ4v) is 4.60. The van der Waals surface area contributed by atoms with Crippen LogP contribution in [-0.4, -0.2) is 71.7 Å². The van der Waals surface area contributed by atoms with Crippen molar-refractivity contribution in [3.8, 4) is 17.6 Å². The summed E-state index contributed by atoms with van der Waals surface area (Å²) in [5, 5.41) is 4.66. The molecule has 4 rings (SSSR count). The van der Waals surface area contributed by atoms with Gasteiger partial charge in [-0.05, 0) is 64.8 Å². The molecule has 2 fully saturated rings. The Morgan fingerprint density at radius 2 is 1.90 bits per heavy atom. The Balaban J connectivity index is 1.48. The lowest BCUT2D eigenvalue weighted by Gasteiger charge is -2.35.